The molecule has 1 aliphatic rings. The Balaban J connectivity index is 2.07. The van der Waals surface area contributed by atoms with Crippen molar-refractivity contribution in [2.75, 3.05) is 18.1 Å². The van der Waals surface area contributed by atoms with Crippen LogP contribution in [0.5, 0.6) is 0 Å². The molecule has 1 unspecified atom stereocenters. The highest BCUT2D eigenvalue weighted by atomic mass is 19.4. The van der Waals surface area contributed by atoms with Crippen LogP contribution in [0.1, 0.15) is 25.3 Å². The maximum Gasteiger partial charge on any atom is 0.417 e. The van der Waals surface area contributed by atoms with Crippen molar-refractivity contribution in [2.24, 2.45) is 0 Å². The number of hydrogen-bond donors (Lipinski definition) is 1. The molecule has 10 heteroatoms. The molecule has 4 nitrogen and oxygen atoms in total. The van der Waals surface area contributed by atoms with Crippen LogP contribution in [0.25, 0.3) is 10.9 Å². The Morgan fingerprint density at radius 2 is 1.93 bits per heavy atom. The number of nitrogens with zero attached hydrogens (tertiary/aromatic N) is 1. The molecule has 3 rings (SSSR count). The van der Waals surface area contributed by atoms with Crippen LogP contribution in [-0.4, -0.2) is 36.5 Å². The third-order valence-electron chi connectivity index (χ3n) is 4.78. The second-order valence-corrected chi connectivity index (χ2v) is 6.60. The predicted octanol–water partition coefficient (Wildman–Crippen LogP) is 4.48. The first kappa shape index (κ1) is 20.5. The van der Waals surface area contributed by atoms with Gasteiger partial charge in [-0.1, -0.05) is 0 Å². The Bertz CT molecular complexity index is 906. The average molecular weight is 408 g/mol. The van der Waals surface area contributed by atoms with E-state index >= 15 is 0 Å². The van der Waals surface area contributed by atoms with E-state index in [0.717, 1.165) is 0 Å². The van der Waals surface area contributed by atoms with Crippen molar-refractivity contribution in [2.45, 2.75) is 44.3 Å². The third-order valence-corrected chi connectivity index (χ3v) is 4.78. The number of halogens is 6. The van der Waals surface area contributed by atoms with Gasteiger partial charge < -0.3 is 14.6 Å². The molecule has 1 saturated heterocycles. The number of rotatable bonds is 4. The summed E-state index contributed by atoms with van der Waals surface area (Å²) in [5, 5.41) is -0.268. The highest BCUT2D eigenvalue weighted by Gasteiger charge is 2.49. The second-order valence-electron chi connectivity index (χ2n) is 6.60. The minimum Gasteiger partial charge on any atom is -0.367 e. The van der Waals surface area contributed by atoms with Crippen molar-refractivity contribution in [1.29, 1.82) is 0 Å². The van der Waals surface area contributed by atoms with E-state index in [2.05, 4.69) is 4.98 Å². The van der Waals surface area contributed by atoms with Crippen molar-refractivity contribution >= 4 is 16.6 Å². The molecule has 1 aromatic heterocycles. The predicted molar refractivity (Wildman–Crippen MR) is 91.4 cm³/mol. The zero-order chi connectivity index (χ0) is 20.7. The zero-order valence-electron chi connectivity index (χ0n) is 14.8. The van der Waals surface area contributed by atoms with Gasteiger partial charge >= 0.3 is 12.4 Å². The van der Waals surface area contributed by atoms with Crippen molar-refractivity contribution < 1.29 is 31.1 Å². The fourth-order valence-corrected chi connectivity index (χ4v) is 3.69. The number of aromatic amines is 1. The van der Waals surface area contributed by atoms with E-state index < -0.39 is 35.6 Å². The third kappa shape index (κ3) is 3.96. The zero-order valence-corrected chi connectivity index (χ0v) is 14.8. The molecule has 0 amide bonds. The minimum atomic E-state index is -4.77. The lowest BCUT2D eigenvalue weighted by Crippen LogP contribution is -2.48. The number of hydrogen-bond acceptors (Lipinski definition) is 3. The summed E-state index contributed by atoms with van der Waals surface area (Å²) in [6.45, 7) is 1.59. The van der Waals surface area contributed by atoms with Crippen molar-refractivity contribution in [3.63, 3.8) is 0 Å². The van der Waals surface area contributed by atoms with Gasteiger partial charge in [0, 0.05) is 35.8 Å². The Morgan fingerprint density at radius 1 is 1.21 bits per heavy atom. The molecule has 0 aliphatic carbocycles. The van der Waals surface area contributed by atoms with Crippen LogP contribution >= 0.6 is 0 Å². The first-order chi connectivity index (χ1) is 13.0. The van der Waals surface area contributed by atoms with E-state index in [-0.39, 0.29) is 36.2 Å². The number of fused-ring (bicyclic) bond motifs is 1. The molecule has 1 aromatic carbocycles. The monoisotopic (exact) mass is 408 g/mol. The average Bonchev–Trinajstić information content (AvgIpc) is 3.05. The molecule has 2 heterocycles. The lowest BCUT2D eigenvalue weighted by molar-refractivity contribution is -0.224. The van der Waals surface area contributed by atoms with Crippen LogP contribution in [0.3, 0.4) is 0 Å². The quantitative estimate of drug-likeness (QED) is 0.759. The van der Waals surface area contributed by atoms with Gasteiger partial charge in [0.2, 0.25) is 5.56 Å². The smallest absolute Gasteiger partial charge is 0.367 e. The lowest BCUT2D eigenvalue weighted by atomic mass is 10.0. The van der Waals surface area contributed by atoms with E-state index in [1.807, 2.05) is 0 Å². The summed E-state index contributed by atoms with van der Waals surface area (Å²) in [6, 6.07) is 3.28. The number of nitrogens with one attached hydrogen (secondary N) is 1. The molecule has 154 valence electrons. The number of benzene rings is 1. The van der Waals surface area contributed by atoms with Gasteiger partial charge in [0.1, 0.15) is 0 Å². The number of aromatic nitrogens is 1. The van der Waals surface area contributed by atoms with Crippen molar-refractivity contribution in [3.05, 3.63) is 40.2 Å². The molecule has 1 N–H and O–H groups in total. The fourth-order valence-electron chi connectivity index (χ4n) is 3.69. The summed E-state index contributed by atoms with van der Waals surface area (Å²) >= 11 is 0. The maximum absolute atomic E-state index is 13.4. The normalized spacial score (nSPS) is 19.4. The first-order valence-corrected chi connectivity index (χ1v) is 8.71. The van der Waals surface area contributed by atoms with E-state index in [9.17, 15) is 31.1 Å². The molecule has 2 aromatic rings. The second kappa shape index (κ2) is 7.31. The maximum atomic E-state index is 13.4. The van der Waals surface area contributed by atoms with Crippen molar-refractivity contribution in [1.82, 2.24) is 4.98 Å². The molecule has 0 spiro atoms. The minimum absolute atomic E-state index is 0.0310. The van der Waals surface area contributed by atoms with E-state index in [1.54, 1.807) is 0 Å². The standard InChI is InChI=1S/C18H18F6N2O2/c1-2-28-16(18(22,23)24)14-4-3-7-26(14)10-5-6-13-11(8-10)12(17(19,20)21)9-15(27)25-13/h5-6,8-9,14,16H,2-4,7H2,1H3,(H,25,27)/t14?,16-/m1/s1. The number of ether oxygens (including phenoxy) is 1. The van der Waals surface area contributed by atoms with E-state index in [4.69, 9.17) is 4.74 Å². The topological polar surface area (TPSA) is 45.3 Å². The Hall–Kier alpha value is -2.23. The van der Waals surface area contributed by atoms with E-state index in [0.29, 0.717) is 12.5 Å². The van der Waals surface area contributed by atoms with Crippen LogP contribution in [0.4, 0.5) is 32.0 Å². The number of pyridine rings is 1. The van der Waals surface area contributed by atoms with Crippen LogP contribution in [0.15, 0.2) is 29.1 Å². The Kier molecular flexibility index (Phi) is 5.35. The van der Waals surface area contributed by atoms with Gasteiger partial charge in [-0.3, -0.25) is 4.79 Å². The number of H-pyrrole nitrogens is 1. The summed E-state index contributed by atoms with van der Waals surface area (Å²) in [5.41, 5.74) is -1.83. The van der Waals surface area contributed by atoms with Crippen LogP contribution in [0.2, 0.25) is 0 Å². The van der Waals surface area contributed by atoms with Crippen LogP contribution < -0.4 is 10.5 Å². The molecule has 0 bridgehead atoms. The fraction of sp³-hybridized carbons (Fsp3) is 0.500. The van der Waals surface area contributed by atoms with E-state index in [1.165, 1.54) is 30.0 Å². The number of anilines is 1. The van der Waals surface area contributed by atoms with Crippen molar-refractivity contribution in [3.8, 4) is 0 Å². The van der Waals surface area contributed by atoms with Crippen LogP contribution in [0, 0.1) is 0 Å². The lowest BCUT2D eigenvalue weighted by Gasteiger charge is -2.34. The Labute approximate surface area is 156 Å². The molecule has 1 fully saturated rings. The van der Waals surface area contributed by atoms with Gasteiger partial charge in [-0.25, -0.2) is 0 Å². The summed E-state index contributed by atoms with van der Waals surface area (Å²) in [4.78, 5) is 15.3. The molecule has 0 saturated carbocycles. The molecule has 1 aliphatic heterocycles. The largest absolute Gasteiger partial charge is 0.417 e. The van der Waals surface area contributed by atoms with Gasteiger partial charge in [-0.05, 0) is 38.0 Å². The molecular formula is C18H18F6N2O2. The molecule has 2 atom stereocenters. The summed E-state index contributed by atoms with van der Waals surface area (Å²) < 4.78 is 85.2. The van der Waals surface area contributed by atoms with Gasteiger partial charge in [0.25, 0.3) is 0 Å². The van der Waals surface area contributed by atoms with Gasteiger partial charge in [-0.15, -0.1) is 0 Å². The molecule has 28 heavy (non-hydrogen) atoms. The Morgan fingerprint density at radius 3 is 2.54 bits per heavy atom. The van der Waals surface area contributed by atoms with Gasteiger partial charge in [-0.2, -0.15) is 26.3 Å². The van der Waals surface area contributed by atoms with Gasteiger partial charge in [0.05, 0.1) is 11.6 Å². The SMILES string of the molecule is CCO[C@H](C1CCCN1c1ccc2[nH]c(=O)cc(C(F)(F)F)c2c1)C(F)(F)F. The van der Waals surface area contributed by atoms with Crippen LogP contribution in [-0.2, 0) is 10.9 Å². The number of alkyl halides is 6. The first-order valence-electron chi connectivity index (χ1n) is 8.71. The molecule has 0 radical (unpaired) electrons. The highest BCUT2D eigenvalue weighted by molar-refractivity contribution is 5.86. The summed E-state index contributed by atoms with van der Waals surface area (Å²) in [7, 11) is 0. The molecular weight excluding hydrogens is 390 g/mol. The van der Waals surface area contributed by atoms with Gasteiger partial charge in [0.15, 0.2) is 6.10 Å². The summed E-state index contributed by atoms with van der Waals surface area (Å²) in [6.07, 6.45) is -10.7. The summed E-state index contributed by atoms with van der Waals surface area (Å²) in [5.74, 6) is 0. The highest BCUT2D eigenvalue weighted by Crippen LogP contribution is 2.38.